The number of amides is 2. The highest BCUT2D eigenvalue weighted by molar-refractivity contribution is 7.92. The van der Waals surface area contributed by atoms with E-state index in [0.29, 0.717) is 33.6 Å². The van der Waals surface area contributed by atoms with Crippen molar-refractivity contribution in [2.24, 2.45) is 0 Å². The number of sulfonamides is 1. The van der Waals surface area contributed by atoms with E-state index in [1.807, 2.05) is 6.92 Å². The van der Waals surface area contributed by atoms with Gasteiger partial charge in [0, 0.05) is 18.1 Å². The molecule has 1 unspecified atom stereocenters. The number of carbonyl (C=O) groups excluding carboxylic acids is 2. The molecule has 0 bridgehead atoms. The summed E-state index contributed by atoms with van der Waals surface area (Å²) in [6.07, 6.45) is 2.00. The molecule has 7 nitrogen and oxygen atoms in total. The highest BCUT2D eigenvalue weighted by atomic mass is 35.5. The second-order valence-corrected chi connectivity index (χ2v) is 11.4. The Bertz CT molecular complexity index is 1180. The van der Waals surface area contributed by atoms with E-state index in [9.17, 15) is 18.0 Å². The Kier molecular flexibility index (Phi) is 11.0. The Morgan fingerprint density at radius 1 is 0.971 bits per heavy atom. The highest BCUT2D eigenvalue weighted by Crippen LogP contribution is 2.31. The number of hydrogen-bond acceptors (Lipinski definition) is 4. The SMILES string of the molecule is CCCNC(=O)C(CC)N(Cc1ccc(Cl)c(Cl)c1)C(=O)CN(c1ccc(Cl)cc1Cl)S(C)(=O)=O. The number of anilines is 1. The van der Waals surface area contributed by atoms with Crippen LogP contribution in [0.4, 0.5) is 5.69 Å². The first kappa shape index (κ1) is 29.5. The van der Waals surface area contributed by atoms with E-state index in [1.54, 1.807) is 25.1 Å². The molecule has 2 rings (SSSR count). The minimum absolute atomic E-state index is 0.0136. The number of carbonyl (C=O) groups is 2. The van der Waals surface area contributed by atoms with Crippen molar-refractivity contribution in [3.8, 4) is 0 Å². The zero-order chi connectivity index (χ0) is 26.3. The van der Waals surface area contributed by atoms with E-state index in [-0.39, 0.29) is 23.2 Å². The molecule has 35 heavy (non-hydrogen) atoms. The summed E-state index contributed by atoms with van der Waals surface area (Å²) in [4.78, 5) is 27.9. The largest absolute Gasteiger partial charge is 0.354 e. The molecule has 0 aromatic heterocycles. The van der Waals surface area contributed by atoms with Crippen LogP contribution in [0.25, 0.3) is 0 Å². The molecule has 0 spiro atoms. The molecule has 0 aliphatic heterocycles. The second kappa shape index (κ2) is 13.0. The average Bonchev–Trinajstić information content (AvgIpc) is 2.77. The van der Waals surface area contributed by atoms with Gasteiger partial charge in [-0.3, -0.25) is 13.9 Å². The zero-order valence-electron chi connectivity index (χ0n) is 19.5. The third-order valence-electron chi connectivity index (χ3n) is 5.13. The van der Waals surface area contributed by atoms with Crippen LogP contribution in [0.2, 0.25) is 20.1 Å². The van der Waals surface area contributed by atoms with Gasteiger partial charge in [0.15, 0.2) is 0 Å². The molecule has 0 fully saturated rings. The molecule has 0 heterocycles. The zero-order valence-corrected chi connectivity index (χ0v) is 23.4. The minimum atomic E-state index is -3.91. The second-order valence-electron chi connectivity index (χ2n) is 7.85. The summed E-state index contributed by atoms with van der Waals surface area (Å²) in [5.41, 5.74) is 0.731. The third-order valence-corrected chi connectivity index (χ3v) is 7.53. The predicted octanol–water partition coefficient (Wildman–Crippen LogP) is 5.40. The molecule has 192 valence electrons. The van der Waals surface area contributed by atoms with Gasteiger partial charge in [-0.1, -0.05) is 66.3 Å². The molecule has 1 N–H and O–H groups in total. The summed E-state index contributed by atoms with van der Waals surface area (Å²) in [6, 6.07) is 8.34. The monoisotopic (exact) mass is 581 g/mol. The van der Waals surface area contributed by atoms with Crippen molar-refractivity contribution in [1.82, 2.24) is 10.2 Å². The van der Waals surface area contributed by atoms with E-state index in [4.69, 9.17) is 46.4 Å². The topological polar surface area (TPSA) is 86.8 Å². The third kappa shape index (κ3) is 8.15. The van der Waals surface area contributed by atoms with Crippen molar-refractivity contribution in [2.45, 2.75) is 39.3 Å². The van der Waals surface area contributed by atoms with Crippen LogP contribution in [0.1, 0.15) is 32.3 Å². The Hall–Kier alpha value is -1.71. The van der Waals surface area contributed by atoms with Crippen LogP contribution in [0.3, 0.4) is 0 Å². The van der Waals surface area contributed by atoms with Crippen molar-refractivity contribution in [3.05, 3.63) is 62.1 Å². The van der Waals surface area contributed by atoms with Crippen molar-refractivity contribution in [3.63, 3.8) is 0 Å². The lowest BCUT2D eigenvalue weighted by molar-refractivity contribution is -0.140. The van der Waals surface area contributed by atoms with Crippen LogP contribution >= 0.6 is 46.4 Å². The van der Waals surface area contributed by atoms with Crippen LogP contribution in [0.15, 0.2) is 36.4 Å². The molecule has 0 saturated carbocycles. The number of nitrogens with zero attached hydrogens (tertiary/aromatic N) is 2. The molecule has 2 amide bonds. The maximum atomic E-state index is 13.6. The van der Waals surface area contributed by atoms with E-state index < -0.39 is 28.5 Å². The van der Waals surface area contributed by atoms with Crippen molar-refractivity contribution in [1.29, 1.82) is 0 Å². The van der Waals surface area contributed by atoms with Crippen LogP contribution in [-0.2, 0) is 26.2 Å². The Morgan fingerprint density at radius 3 is 2.20 bits per heavy atom. The minimum Gasteiger partial charge on any atom is -0.354 e. The normalized spacial score (nSPS) is 12.2. The first-order valence-electron chi connectivity index (χ1n) is 10.8. The van der Waals surface area contributed by atoms with E-state index >= 15 is 0 Å². The van der Waals surface area contributed by atoms with Gasteiger partial charge in [-0.25, -0.2) is 8.42 Å². The smallest absolute Gasteiger partial charge is 0.244 e. The number of halogens is 4. The maximum absolute atomic E-state index is 13.6. The van der Waals surface area contributed by atoms with Crippen molar-refractivity contribution in [2.75, 3.05) is 23.7 Å². The van der Waals surface area contributed by atoms with E-state index in [2.05, 4.69) is 5.32 Å². The fraction of sp³-hybridized carbons (Fsp3) is 0.391. The van der Waals surface area contributed by atoms with Gasteiger partial charge >= 0.3 is 0 Å². The van der Waals surface area contributed by atoms with Gasteiger partial charge in [-0.15, -0.1) is 0 Å². The molecule has 2 aromatic rings. The number of rotatable bonds is 11. The molecule has 12 heteroatoms. The fourth-order valence-electron chi connectivity index (χ4n) is 3.40. The molecule has 0 aliphatic rings. The quantitative estimate of drug-likeness (QED) is 0.384. The van der Waals surface area contributed by atoms with Crippen LogP contribution in [-0.4, -0.2) is 50.5 Å². The van der Waals surface area contributed by atoms with Gasteiger partial charge < -0.3 is 10.2 Å². The predicted molar refractivity (Wildman–Crippen MR) is 143 cm³/mol. The number of benzene rings is 2. The van der Waals surface area contributed by atoms with Gasteiger partial charge in [0.2, 0.25) is 21.8 Å². The fourth-order valence-corrected chi connectivity index (χ4v) is 5.14. The summed E-state index contributed by atoms with van der Waals surface area (Å²) in [6.45, 7) is 3.58. The van der Waals surface area contributed by atoms with Crippen LogP contribution in [0, 0.1) is 0 Å². The summed E-state index contributed by atoms with van der Waals surface area (Å²) >= 11 is 24.4. The molecule has 0 radical (unpaired) electrons. The number of nitrogens with one attached hydrogen (secondary N) is 1. The van der Waals surface area contributed by atoms with Crippen molar-refractivity contribution >= 4 is 73.9 Å². The lowest BCUT2D eigenvalue weighted by Gasteiger charge is -2.33. The van der Waals surface area contributed by atoms with Gasteiger partial charge in [0.25, 0.3) is 0 Å². The lowest BCUT2D eigenvalue weighted by atomic mass is 10.1. The van der Waals surface area contributed by atoms with Crippen molar-refractivity contribution < 1.29 is 18.0 Å². The molecule has 1 atom stereocenters. The molecule has 0 aliphatic carbocycles. The van der Waals surface area contributed by atoms with Gasteiger partial charge in [-0.05, 0) is 48.7 Å². The lowest BCUT2D eigenvalue weighted by Crippen LogP contribution is -2.52. The first-order chi connectivity index (χ1) is 16.4. The first-order valence-corrected chi connectivity index (χ1v) is 14.2. The molecule has 2 aromatic carbocycles. The van der Waals surface area contributed by atoms with Crippen LogP contribution in [0.5, 0.6) is 0 Å². The average molecular weight is 583 g/mol. The summed E-state index contributed by atoms with van der Waals surface area (Å²) in [7, 11) is -3.91. The van der Waals surface area contributed by atoms with Gasteiger partial charge in [-0.2, -0.15) is 0 Å². The van der Waals surface area contributed by atoms with E-state index in [1.165, 1.54) is 23.1 Å². The standard InChI is InChI=1S/C23H27Cl4N3O4S/c1-4-10-28-23(32)20(5-2)29(13-15-6-8-17(25)18(26)11-15)22(31)14-30(35(3,33)34)21-9-7-16(24)12-19(21)27/h6-9,11-12,20H,4-5,10,13-14H2,1-3H3,(H,28,32). The summed E-state index contributed by atoms with van der Waals surface area (Å²) < 4.78 is 26.2. The maximum Gasteiger partial charge on any atom is 0.244 e. The molecular weight excluding hydrogens is 556 g/mol. The number of hydrogen-bond donors (Lipinski definition) is 1. The summed E-state index contributed by atoms with van der Waals surface area (Å²) in [5, 5.41) is 3.84. The van der Waals surface area contributed by atoms with E-state index in [0.717, 1.165) is 17.0 Å². The Labute approximate surface area is 226 Å². The molecular formula is C23H27Cl4N3O4S. The van der Waals surface area contributed by atoms with Gasteiger partial charge in [0.05, 0.1) is 27.0 Å². The Morgan fingerprint density at radius 2 is 1.66 bits per heavy atom. The van der Waals surface area contributed by atoms with Gasteiger partial charge in [0.1, 0.15) is 12.6 Å². The highest BCUT2D eigenvalue weighted by Gasteiger charge is 2.32. The summed E-state index contributed by atoms with van der Waals surface area (Å²) in [5.74, 6) is -0.927. The van der Waals surface area contributed by atoms with Crippen LogP contribution < -0.4 is 9.62 Å². The molecule has 0 saturated heterocycles. The Balaban J connectivity index is 2.48.